The van der Waals surface area contributed by atoms with Crippen molar-refractivity contribution in [3.8, 4) is 11.5 Å². The van der Waals surface area contributed by atoms with Crippen LogP contribution in [0, 0.1) is 0 Å². The SMILES string of the molecule is CCN(Cc1ccc2c(c1)OCO2)C(=O)Nc1ccc(COC)cc1. The molecule has 0 bridgehead atoms. The molecule has 1 heterocycles. The van der Waals surface area contributed by atoms with E-state index in [0.29, 0.717) is 19.7 Å². The highest BCUT2D eigenvalue weighted by Gasteiger charge is 2.16. The highest BCUT2D eigenvalue weighted by molar-refractivity contribution is 5.89. The van der Waals surface area contributed by atoms with E-state index in [9.17, 15) is 4.79 Å². The number of carbonyl (C=O) groups excluding carboxylic acids is 1. The fraction of sp³-hybridized carbons (Fsp3) is 0.316. The Kier molecular flexibility index (Phi) is 5.40. The molecule has 2 aromatic carbocycles. The molecular weight excluding hydrogens is 320 g/mol. The van der Waals surface area contributed by atoms with Crippen LogP contribution in [-0.4, -0.2) is 31.4 Å². The summed E-state index contributed by atoms with van der Waals surface area (Å²) in [5.74, 6) is 1.47. The van der Waals surface area contributed by atoms with Gasteiger partial charge >= 0.3 is 6.03 Å². The minimum Gasteiger partial charge on any atom is -0.454 e. The lowest BCUT2D eigenvalue weighted by molar-refractivity contribution is 0.174. The molecule has 0 unspecified atom stereocenters. The van der Waals surface area contributed by atoms with Crippen LogP contribution < -0.4 is 14.8 Å². The lowest BCUT2D eigenvalue weighted by Crippen LogP contribution is -2.34. The number of nitrogens with zero attached hydrogens (tertiary/aromatic N) is 1. The van der Waals surface area contributed by atoms with E-state index in [1.165, 1.54) is 0 Å². The molecule has 0 saturated heterocycles. The number of hydrogen-bond acceptors (Lipinski definition) is 4. The normalized spacial score (nSPS) is 12.1. The monoisotopic (exact) mass is 342 g/mol. The standard InChI is InChI=1S/C19H22N2O4/c1-3-21(11-15-6-9-17-18(10-15)25-13-24-17)19(22)20-16-7-4-14(5-8-16)12-23-2/h4-10H,3,11-13H2,1-2H3,(H,20,22). The number of anilines is 1. The van der Waals surface area contributed by atoms with Gasteiger partial charge in [0.2, 0.25) is 6.79 Å². The van der Waals surface area contributed by atoms with Crippen LogP contribution >= 0.6 is 0 Å². The van der Waals surface area contributed by atoms with Crippen LogP contribution in [0.3, 0.4) is 0 Å². The van der Waals surface area contributed by atoms with Crippen molar-refractivity contribution in [2.75, 3.05) is 25.8 Å². The molecule has 1 N–H and O–H groups in total. The first-order valence-corrected chi connectivity index (χ1v) is 8.22. The smallest absolute Gasteiger partial charge is 0.322 e. The van der Waals surface area contributed by atoms with Crippen molar-refractivity contribution >= 4 is 11.7 Å². The number of carbonyl (C=O) groups is 1. The van der Waals surface area contributed by atoms with Crippen molar-refractivity contribution in [1.29, 1.82) is 0 Å². The van der Waals surface area contributed by atoms with Crippen LogP contribution in [0.25, 0.3) is 0 Å². The quantitative estimate of drug-likeness (QED) is 0.871. The van der Waals surface area contributed by atoms with E-state index in [1.54, 1.807) is 12.0 Å². The molecule has 0 fully saturated rings. The maximum absolute atomic E-state index is 12.5. The van der Waals surface area contributed by atoms with E-state index < -0.39 is 0 Å². The molecule has 3 rings (SSSR count). The van der Waals surface area contributed by atoms with Gasteiger partial charge in [-0.2, -0.15) is 0 Å². The Labute approximate surface area is 147 Å². The maximum Gasteiger partial charge on any atom is 0.322 e. The van der Waals surface area contributed by atoms with Gasteiger partial charge in [-0.1, -0.05) is 18.2 Å². The second-order valence-corrected chi connectivity index (χ2v) is 5.76. The van der Waals surface area contributed by atoms with Gasteiger partial charge < -0.3 is 24.4 Å². The molecule has 1 aliphatic heterocycles. The second-order valence-electron chi connectivity index (χ2n) is 5.76. The first kappa shape index (κ1) is 17.1. The second kappa shape index (κ2) is 7.90. The lowest BCUT2D eigenvalue weighted by Gasteiger charge is -2.21. The Balaban J connectivity index is 1.62. The van der Waals surface area contributed by atoms with Crippen molar-refractivity contribution in [3.63, 3.8) is 0 Å². The third kappa shape index (κ3) is 4.22. The first-order valence-electron chi connectivity index (χ1n) is 8.22. The molecule has 25 heavy (non-hydrogen) atoms. The van der Waals surface area contributed by atoms with Crippen LogP contribution in [0.4, 0.5) is 10.5 Å². The lowest BCUT2D eigenvalue weighted by atomic mass is 10.2. The van der Waals surface area contributed by atoms with Gasteiger partial charge in [0.05, 0.1) is 6.61 Å². The Bertz CT molecular complexity index is 731. The summed E-state index contributed by atoms with van der Waals surface area (Å²) in [5.41, 5.74) is 2.82. The topological polar surface area (TPSA) is 60.0 Å². The van der Waals surface area contributed by atoms with E-state index in [0.717, 1.165) is 28.3 Å². The third-order valence-corrected chi connectivity index (χ3v) is 4.00. The zero-order chi connectivity index (χ0) is 17.6. The van der Waals surface area contributed by atoms with Gasteiger partial charge in [-0.05, 0) is 42.3 Å². The Morgan fingerprint density at radius 2 is 1.84 bits per heavy atom. The molecule has 0 atom stereocenters. The molecule has 6 heteroatoms. The van der Waals surface area contributed by atoms with Gasteiger partial charge in [0.1, 0.15) is 0 Å². The summed E-state index contributed by atoms with van der Waals surface area (Å²) in [6, 6.07) is 13.2. The Morgan fingerprint density at radius 3 is 2.56 bits per heavy atom. The van der Waals surface area contributed by atoms with Crippen LogP contribution in [0.2, 0.25) is 0 Å². The summed E-state index contributed by atoms with van der Waals surface area (Å²) in [5, 5.41) is 2.93. The van der Waals surface area contributed by atoms with E-state index >= 15 is 0 Å². The predicted octanol–water partition coefficient (Wildman–Crippen LogP) is 3.62. The highest BCUT2D eigenvalue weighted by atomic mass is 16.7. The third-order valence-electron chi connectivity index (χ3n) is 4.00. The molecule has 0 aromatic heterocycles. The van der Waals surface area contributed by atoms with Crippen molar-refractivity contribution in [2.45, 2.75) is 20.1 Å². The summed E-state index contributed by atoms with van der Waals surface area (Å²) >= 11 is 0. The van der Waals surface area contributed by atoms with Crippen LogP contribution in [0.15, 0.2) is 42.5 Å². The fourth-order valence-electron chi connectivity index (χ4n) is 2.64. The molecule has 132 valence electrons. The van der Waals surface area contributed by atoms with E-state index in [4.69, 9.17) is 14.2 Å². The number of benzene rings is 2. The van der Waals surface area contributed by atoms with Gasteiger partial charge in [0.25, 0.3) is 0 Å². The maximum atomic E-state index is 12.5. The molecule has 0 aliphatic carbocycles. The summed E-state index contributed by atoms with van der Waals surface area (Å²) in [7, 11) is 1.66. The number of nitrogens with one attached hydrogen (secondary N) is 1. The molecule has 2 amide bonds. The van der Waals surface area contributed by atoms with Gasteiger partial charge in [0, 0.05) is 25.9 Å². The average Bonchev–Trinajstić information content (AvgIpc) is 3.09. The van der Waals surface area contributed by atoms with E-state index in [1.807, 2.05) is 49.4 Å². The molecule has 6 nitrogen and oxygen atoms in total. The largest absolute Gasteiger partial charge is 0.454 e. The average molecular weight is 342 g/mol. The minimum absolute atomic E-state index is 0.139. The van der Waals surface area contributed by atoms with Gasteiger partial charge in [0.15, 0.2) is 11.5 Å². The molecule has 0 spiro atoms. The number of rotatable bonds is 6. The van der Waals surface area contributed by atoms with Crippen molar-refractivity contribution in [2.24, 2.45) is 0 Å². The van der Waals surface area contributed by atoms with E-state index in [2.05, 4.69) is 5.32 Å². The zero-order valence-corrected chi connectivity index (χ0v) is 14.5. The number of methoxy groups -OCH3 is 1. The highest BCUT2D eigenvalue weighted by Crippen LogP contribution is 2.32. The number of fused-ring (bicyclic) bond motifs is 1. The molecule has 0 radical (unpaired) electrons. The zero-order valence-electron chi connectivity index (χ0n) is 14.5. The van der Waals surface area contributed by atoms with Crippen LogP contribution in [0.5, 0.6) is 11.5 Å². The molecular formula is C19H22N2O4. The Hall–Kier alpha value is -2.73. The molecule has 2 aromatic rings. The number of hydrogen-bond donors (Lipinski definition) is 1. The number of ether oxygens (including phenoxy) is 3. The van der Waals surface area contributed by atoms with Gasteiger partial charge in [-0.25, -0.2) is 4.79 Å². The predicted molar refractivity (Wildman–Crippen MR) is 94.8 cm³/mol. The molecule has 1 aliphatic rings. The number of amides is 2. The van der Waals surface area contributed by atoms with Crippen molar-refractivity contribution in [3.05, 3.63) is 53.6 Å². The van der Waals surface area contributed by atoms with Crippen molar-refractivity contribution in [1.82, 2.24) is 4.90 Å². The van der Waals surface area contributed by atoms with Crippen molar-refractivity contribution < 1.29 is 19.0 Å². The van der Waals surface area contributed by atoms with Gasteiger partial charge in [-0.15, -0.1) is 0 Å². The Morgan fingerprint density at radius 1 is 1.12 bits per heavy atom. The fourth-order valence-corrected chi connectivity index (χ4v) is 2.64. The van der Waals surface area contributed by atoms with E-state index in [-0.39, 0.29) is 12.8 Å². The van der Waals surface area contributed by atoms with Crippen LogP contribution in [0.1, 0.15) is 18.1 Å². The summed E-state index contributed by atoms with van der Waals surface area (Å²) < 4.78 is 15.8. The summed E-state index contributed by atoms with van der Waals surface area (Å²) in [6.07, 6.45) is 0. The first-order chi connectivity index (χ1) is 12.2. The summed E-state index contributed by atoms with van der Waals surface area (Å²) in [4.78, 5) is 14.3. The minimum atomic E-state index is -0.139. The number of urea groups is 1. The van der Waals surface area contributed by atoms with Gasteiger partial charge in [-0.3, -0.25) is 0 Å². The summed E-state index contributed by atoms with van der Waals surface area (Å²) in [6.45, 7) is 3.85. The van der Waals surface area contributed by atoms with Crippen LogP contribution in [-0.2, 0) is 17.9 Å². The molecule has 0 saturated carbocycles.